The molecule has 3 N–H and O–H groups in total. The zero-order valence-corrected chi connectivity index (χ0v) is 17.4. The van der Waals surface area contributed by atoms with E-state index in [1.54, 1.807) is 12.1 Å². The zero-order chi connectivity index (χ0) is 20.1. The van der Waals surface area contributed by atoms with Gasteiger partial charge in [-0.1, -0.05) is 43.1 Å². The van der Waals surface area contributed by atoms with Crippen LogP contribution in [0.2, 0.25) is 10.0 Å². The molecule has 8 heteroatoms. The first-order valence-electron chi connectivity index (χ1n) is 8.25. The molecule has 5 nitrogen and oxygen atoms in total. The molecule has 0 spiro atoms. The van der Waals surface area contributed by atoms with Crippen LogP contribution in [-0.4, -0.2) is 23.2 Å². The second kappa shape index (κ2) is 9.26. The number of benzene rings is 2. The lowest BCUT2D eigenvalue weighted by Gasteiger charge is -2.15. The molecule has 1 amide bonds. The van der Waals surface area contributed by atoms with Gasteiger partial charge in [-0.05, 0) is 54.4 Å². The molecule has 0 bridgehead atoms. The van der Waals surface area contributed by atoms with Crippen molar-refractivity contribution in [2.24, 2.45) is 0 Å². The third-order valence-corrected chi connectivity index (χ3v) is 4.84. The summed E-state index contributed by atoms with van der Waals surface area (Å²) >= 11 is 17.2. The quantitative estimate of drug-likeness (QED) is 0.444. The molecular formula is C19H20Cl2N2O3S. The van der Waals surface area contributed by atoms with Crippen LogP contribution in [0, 0.1) is 0 Å². The van der Waals surface area contributed by atoms with Crippen molar-refractivity contribution in [2.45, 2.75) is 26.2 Å². The highest BCUT2D eigenvalue weighted by molar-refractivity contribution is 7.80. The lowest BCUT2D eigenvalue weighted by molar-refractivity contribution is 0.0974. The third kappa shape index (κ3) is 5.25. The van der Waals surface area contributed by atoms with E-state index >= 15 is 0 Å². The molecule has 2 aromatic rings. The predicted molar refractivity (Wildman–Crippen MR) is 114 cm³/mol. The van der Waals surface area contributed by atoms with Crippen LogP contribution in [0.25, 0.3) is 0 Å². The molecule has 0 aliphatic heterocycles. The van der Waals surface area contributed by atoms with Gasteiger partial charge in [0.2, 0.25) is 0 Å². The number of carbonyl (C=O) groups is 1. The van der Waals surface area contributed by atoms with E-state index in [1.807, 2.05) is 6.07 Å². The molecule has 0 saturated heterocycles. The van der Waals surface area contributed by atoms with E-state index in [9.17, 15) is 9.90 Å². The Labute approximate surface area is 173 Å². The average molecular weight is 427 g/mol. The lowest BCUT2D eigenvalue weighted by atomic mass is 9.98. The monoisotopic (exact) mass is 426 g/mol. The topological polar surface area (TPSA) is 70.6 Å². The summed E-state index contributed by atoms with van der Waals surface area (Å²) in [5, 5.41) is 16.0. The Hall–Kier alpha value is -2.02. The smallest absolute Gasteiger partial charge is 0.261 e. The van der Waals surface area contributed by atoms with E-state index in [0.29, 0.717) is 16.6 Å². The van der Waals surface area contributed by atoms with Gasteiger partial charge in [-0.2, -0.15) is 0 Å². The van der Waals surface area contributed by atoms with Crippen molar-refractivity contribution < 1.29 is 14.6 Å². The van der Waals surface area contributed by atoms with Gasteiger partial charge in [0.15, 0.2) is 5.11 Å². The van der Waals surface area contributed by atoms with Crippen molar-refractivity contribution in [1.29, 1.82) is 0 Å². The van der Waals surface area contributed by atoms with Crippen molar-refractivity contribution in [3.8, 4) is 11.5 Å². The van der Waals surface area contributed by atoms with Gasteiger partial charge >= 0.3 is 0 Å². The van der Waals surface area contributed by atoms with Crippen molar-refractivity contribution in [1.82, 2.24) is 5.32 Å². The largest absolute Gasteiger partial charge is 0.506 e. The number of hydrogen-bond donors (Lipinski definition) is 3. The number of ether oxygens (including phenoxy) is 1. The van der Waals surface area contributed by atoms with Crippen LogP contribution in [-0.2, 0) is 0 Å². The summed E-state index contributed by atoms with van der Waals surface area (Å²) in [6.07, 6.45) is 0.959. The summed E-state index contributed by atoms with van der Waals surface area (Å²) in [4.78, 5) is 12.5. The second-order valence-corrected chi connectivity index (χ2v) is 7.21. The summed E-state index contributed by atoms with van der Waals surface area (Å²) < 4.78 is 5.17. The van der Waals surface area contributed by atoms with Crippen LogP contribution in [0.4, 0.5) is 5.69 Å². The number of nitrogens with one attached hydrogen (secondary N) is 2. The fourth-order valence-corrected chi connectivity index (χ4v) is 3.23. The molecule has 0 fully saturated rings. The van der Waals surface area contributed by atoms with E-state index in [-0.39, 0.29) is 27.2 Å². The van der Waals surface area contributed by atoms with Crippen molar-refractivity contribution in [3.05, 3.63) is 51.5 Å². The SMILES string of the molecule is CCC(C)c1ccc(O)c(NC(=S)NC(=O)c2cc(Cl)cc(Cl)c2OC)c1. The van der Waals surface area contributed by atoms with Crippen molar-refractivity contribution in [3.63, 3.8) is 0 Å². The summed E-state index contributed by atoms with van der Waals surface area (Å²) in [5.41, 5.74) is 1.61. The Morgan fingerprint density at radius 3 is 2.63 bits per heavy atom. The first kappa shape index (κ1) is 21.3. The maximum Gasteiger partial charge on any atom is 0.261 e. The fraction of sp³-hybridized carbons (Fsp3) is 0.263. The van der Waals surface area contributed by atoms with Gasteiger partial charge in [-0.15, -0.1) is 0 Å². The summed E-state index contributed by atoms with van der Waals surface area (Å²) in [5.74, 6) is 0.0171. The average Bonchev–Trinajstić information content (AvgIpc) is 2.62. The molecule has 1 atom stereocenters. The number of aromatic hydroxyl groups is 1. The molecule has 27 heavy (non-hydrogen) atoms. The van der Waals surface area contributed by atoms with Gasteiger partial charge in [-0.3, -0.25) is 10.1 Å². The van der Waals surface area contributed by atoms with Crippen LogP contribution in [0.3, 0.4) is 0 Å². The lowest BCUT2D eigenvalue weighted by Crippen LogP contribution is -2.34. The molecule has 2 rings (SSSR count). The van der Waals surface area contributed by atoms with E-state index in [1.165, 1.54) is 19.2 Å². The summed E-state index contributed by atoms with van der Waals surface area (Å²) in [7, 11) is 1.40. The second-order valence-electron chi connectivity index (χ2n) is 5.96. The number of rotatable bonds is 5. The number of phenols is 1. The first-order valence-corrected chi connectivity index (χ1v) is 9.41. The molecule has 0 radical (unpaired) electrons. The highest BCUT2D eigenvalue weighted by atomic mass is 35.5. The summed E-state index contributed by atoms with van der Waals surface area (Å²) in [6, 6.07) is 8.17. The maximum absolute atomic E-state index is 12.5. The number of halogens is 2. The molecule has 1 unspecified atom stereocenters. The zero-order valence-electron chi connectivity index (χ0n) is 15.1. The Kier molecular flexibility index (Phi) is 7.30. The predicted octanol–water partition coefficient (Wildman–Crippen LogP) is 5.35. The van der Waals surface area contributed by atoms with Gasteiger partial charge in [0.1, 0.15) is 11.5 Å². The van der Waals surface area contributed by atoms with Crippen LogP contribution < -0.4 is 15.4 Å². The van der Waals surface area contributed by atoms with Crippen LogP contribution in [0.1, 0.15) is 42.1 Å². The third-order valence-electron chi connectivity index (χ3n) is 4.13. The van der Waals surface area contributed by atoms with Gasteiger partial charge in [0.25, 0.3) is 5.91 Å². The molecule has 0 aliphatic rings. The molecule has 0 saturated carbocycles. The number of methoxy groups -OCH3 is 1. The minimum atomic E-state index is -0.536. The Bertz CT molecular complexity index is 874. The number of hydrogen-bond acceptors (Lipinski definition) is 4. The standard InChI is InChI=1S/C19H20Cl2N2O3S/c1-4-10(2)11-5-6-16(24)15(7-11)22-19(27)23-18(25)13-8-12(20)9-14(21)17(13)26-3/h5-10,24H,4H2,1-3H3,(H2,22,23,25,27). The number of anilines is 1. The van der Waals surface area contributed by atoms with E-state index in [4.69, 9.17) is 40.2 Å². The maximum atomic E-state index is 12.5. The van der Waals surface area contributed by atoms with Crippen LogP contribution in [0.5, 0.6) is 11.5 Å². The normalized spacial score (nSPS) is 11.6. The van der Waals surface area contributed by atoms with E-state index in [2.05, 4.69) is 24.5 Å². The minimum Gasteiger partial charge on any atom is -0.506 e. The number of carbonyl (C=O) groups excluding carboxylic acids is 1. The summed E-state index contributed by atoms with van der Waals surface area (Å²) in [6.45, 7) is 4.17. The molecule has 0 aromatic heterocycles. The molecule has 0 heterocycles. The minimum absolute atomic E-state index is 0.0229. The van der Waals surface area contributed by atoms with Gasteiger partial charge in [0.05, 0.1) is 23.4 Å². The highest BCUT2D eigenvalue weighted by Crippen LogP contribution is 2.32. The van der Waals surface area contributed by atoms with Gasteiger partial charge in [-0.25, -0.2) is 0 Å². The number of amides is 1. The molecule has 0 aliphatic carbocycles. The fourth-order valence-electron chi connectivity index (χ4n) is 2.46. The number of thiocarbonyl (C=S) groups is 1. The highest BCUT2D eigenvalue weighted by Gasteiger charge is 2.18. The van der Waals surface area contributed by atoms with Gasteiger partial charge in [0, 0.05) is 5.02 Å². The molecule has 144 valence electrons. The molecule has 2 aromatic carbocycles. The van der Waals surface area contributed by atoms with E-state index in [0.717, 1.165) is 12.0 Å². The van der Waals surface area contributed by atoms with Crippen molar-refractivity contribution >= 4 is 52.1 Å². The molecular weight excluding hydrogens is 407 g/mol. The van der Waals surface area contributed by atoms with Crippen LogP contribution in [0.15, 0.2) is 30.3 Å². The van der Waals surface area contributed by atoms with Crippen molar-refractivity contribution in [2.75, 3.05) is 12.4 Å². The first-order chi connectivity index (χ1) is 12.8. The van der Waals surface area contributed by atoms with Gasteiger partial charge < -0.3 is 15.2 Å². The Balaban J connectivity index is 2.18. The van der Waals surface area contributed by atoms with E-state index < -0.39 is 5.91 Å². The Morgan fingerprint density at radius 2 is 2.00 bits per heavy atom. The Morgan fingerprint density at radius 1 is 1.30 bits per heavy atom. The van der Waals surface area contributed by atoms with Crippen LogP contribution >= 0.6 is 35.4 Å². The number of phenolic OH excluding ortho intramolecular Hbond substituents is 1.